The van der Waals surface area contributed by atoms with Crippen LogP contribution in [0.4, 0.5) is 5.69 Å². The van der Waals surface area contributed by atoms with Crippen LogP contribution in [0.25, 0.3) is 5.76 Å². The smallest absolute Gasteiger partial charge is 0.300 e. The Morgan fingerprint density at radius 2 is 1.79 bits per heavy atom. The van der Waals surface area contributed by atoms with Crippen LogP contribution >= 0.6 is 0 Å². The Hall–Kier alpha value is -3.93. The molecule has 1 N–H and O–H groups in total. The number of carbonyl (C=O) groups excluding carboxylic acids is 2. The number of ketones is 1. The molecule has 1 fully saturated rings. The van der Waals surface area contributed by atoms with E-state index < -0.39 is 17.7 Å². The Bertz CT molecular complexity index is 1250. The lowest BCUT2D eigenvalue weighted by atomic mass is 9.95. The minimum Gasteiger partial charge on any atom is -0.507 e. The quantitative estimate of drug-likeness (QED) is 0.346. The fourth-order valence-electron chi connectivity index (χ4n) is 4.22. The highest BCUT2D eigenvalue weighted by molar-refractivity contribution is 6.51. The summed E-state index contributed by atoms with van der Waals surface area (Å²) in [5.41, 5.74) is 4.23. The summed E-state index contributed by atoms with van der Waals surface area (Å²) in [4.78, 5) is 32.3. The molecule has 33 heavy (non-hydrogen) atoms. The molecule has 0 saturated carbocycles. The molecule has 6 nitrogen and oxygen atoms in total. The number of aryl methyl sites for hydroxylation is 3. The standard InChI is InChI=1S/C27H26N2O4/c1-5-18-9-11-19(12-10-18)29-24(21-8-6-7-13-28-21)23(26(31)27(29)32)25(30)20-14-17(3)22(33-4)15-16(20)2/h6-15,24,30H,5H2,1-4H3/b25-23+. The van der Waals surface area contributed by atoms with Gasteiger partial charge in [0.05, 0.1) is 18.4 Å². The Kier molecular flexibility index (Phi) is 6.01. The van der Waals surface area contributed by atoms with E-state index in [2.05, 4.69) is 4.98 Å². The third-order valence-corrected chi connectivity index (χ3v) is 6.03. The van der Waals surface area contributed by atoms with Crippen molar-refractivity contribution in [2.45, 2.75) is 33.2 Å². The predicted octanol–water partition coefficient (Wildman–Crippen LogP) is 4.90. The number of aliphatic hydroxyl groups is 1. The van der Waals surface area contributed by atoms with E-state index in [0.717, 1.165) is 23.1 Å². The highest BCUT2D eigenvalue weighted by atomic mass is 16.5. The number of Topliss-reactive ketones (excluding diaryl/α,β-unsaturated/α-hetero) is 1. The SMILES string of the molecule is CCc1ccc(N2C(=O)C(=O)/C(=C(/O)c3cc(C)c(OC)cc3C)C2c2ccccn2)cc1. The van der Waals surface area contributed by atoms with Crippen molar-refractivity contribution in [3.8, 4) is 5.75 Å². The second-order valence-corrected chi connectivity index (χ2v) is 8.08. The average Bonchev–Trinajstić information content (AvgIpc) is 3.10. The molecule has 1 aromatic heterocycles. The second-order valence-electron chi connectivity index (χ2n) is 8.08. The first-order valence-electron chi connectivity index (χ1n) is 10.8. The maximum absolute atomic E-state index is 13.3. The minimum atomic E-state index is -0.847. The summed E-state index contributed by atoms with van der Waals surface area (Å²) in [5, 5.41) is 11.4. The van der Waals surface area contributed by atoms with Gasteiger partial charge in [-0.25, -0.2) is 0 Å². The number of carbonyl (C=O) groups is 2. The molecule has 1 aliphatic rings. The molecule has 0 radical (unpaired) electrons. The number of aromatic nitrogens is 1. The van der Waals surface area contributed by atoms with Gasteiger partial charge in [0.2, 0.25) is 0 Å². The molecule has 168 valence electrons. The molecule has 4 rings (SSSR count). The molecular formula is C27H26N2O4. The number of hydrogen-bond donors (Lipinski definition) is 1. The van der Waals surface area contributed by atoms with Gasteiger partial charge >= 0.3 is 0 Å². The number of amides is 1. The summed E-state index contributed by atoms with van der Waals surface area (Å²) in [5.74, 6) is -0.975. The van der Waals surface area contributed by atoms with Gasteiger partial charge in [0.15, 0.2) is 0 Å². The van der Waals surface area contributed by atoms with Gasteiger partial charge in [-0.2, -0.15) is 0 Å². The number of ether oxygens (including phenoxy) is 1. The van der Waals surface area contributed by atoms with Crippen LogP contribution in [0.15, 0.2) is 66.4 Å². The van der Waals surface area contributed by atoms with E-state index in [1.165, 1.54) is 4.90 Å². The van der Waals surface area contributed by atoms with E-state index in [0.29, 0.717) is 22.7 Å². The lowest BCUT2D eigenvalue weighted by Crippen LogP contribution is -2.29. The zero-order chi connectivity index (χ0) is 23.7. The van der Waals surface area contributed by atoms with Gasteiger partial charge in [0.25, 0.3) is 11.7 Å². The van der Waals surface area contributed by atoms with Gasteiger partial charge in [0.1, 0.15) is 17.6 Å². The Morgan fingerprint density at radius 3 is 2.39 bits per heavy atom. The van der Waals surface area contributed by atoms with Crippen LogP contribution in [-0.4, -0.2) is 28.9 Å². The van der Waals surface area contributed by atoms with Crippen LogP contribution in [0.3, 0.4) is 0 Å². The third kappa shape index (κ3) is 3.89. The molecule has 1 atom stereocenters. The topological polar surface area (TPSA) is 79.7 Å². The fourth-order valence-corrected chi connectivity index (χ4v) is 4.22. The first-order valence-corrected chi connectivity index (χ1v) is 10.8. The Balaban J connectivity index is 1.94. The van der Waals surface area contributed by atoms with E-state index >= 15 is 0 Å². The highest BCUT2D eigenvalue weighted by Gasteiger charge is 2.47. The maximum atomic E-state index is 13.3. The monoisotopic (exact) mass is 442 g/mol. The third-order valence-electron chi connectivity index (χ3n) is 6.03. The Labute approximate surface area is 193 Å². The molecule has 3 aromatic rings. The molecule has 0 spiro atoms. The zero-order valence-corrected chi connectivity index (χ0v) is 19.1. The first kappa shape index (κ1) is 22.3. The molecule has 1 aliphatic heterocycles. The number of nitrogens with zero attached hydrogens (tertiary/aromatic N) is 2. The number of anilines is 1. The molecule has 2 heterocycles. The van der Waals surface area contributed by atoms with Crippen molar-refractivity contribution in [3.63, 3.8) is 0 Å². The van der Waals surface area contributed by atoms with Crippen molar-refractivity contribution < 1.29 is 19.4 Å². The molecule has 1 saturated heterocycles. The van der Waals surface area contributed by atoms with Crippen LogP contribution in [0.2, 0.25) is 0 Å². The van der Waals surface area contributed by atoms with Crippen LogP contribution in [0.1, 0.15) is 40.9 Å². The van der Waals surface area contributed by atoms with Crippen molar-refractivity contribution in [3.05, 3.63) is 94.3 Å². The summed E-state index contributed by atoms with van der Waals surface area (Å²) in [6.07, 6.45) is 2.47. The summed E-state index contributed by atoms with van der Waals surface area (Å²) in [6, 6.07) is 15.5. The van der Waals surface area contributed by atoms with Gasteiger partial charge in [-0.3, -0.25) is 19.5 Å². The van der Waals surface area contributed by atoms with Gasteiger partial charge in [0, 0.05) is 17.4 Å². The number of aliphatic hydroxyl groups excluding tert-OH is 1. The summed E-state index contributed by atoms with van der Waals surface area (Å²) < 4.78 is 5.37. The molecule has 2 aromatic carbocycles. The molecular weight excluding hydrogens is 416 g/mol. The second kappa shape index (κ2) is 8.90. The van der Waals surface area contributed by atoms with E-state index in [4.69, 9.17) is 4.74 Å². The number of pyridine rings is 1. The van der Waals surface area contributed by atoms with Gasteiger partial charge in [-0.05, 0) is 73.4 Å². The van der Waals surface area contributed by atoms with Gasteiger partial charge < -0.3 is 9.84 Å². The number of rotatable bonds is 5. The van der Waals surface area contributed by atoms with Crippen molar-refractivity contribution in [1.82, 2.24) is 4.98 Å². The van der Waals surface area contributed by atoms with Crippen LogP contribution in [-0.2, 0) is 16.0 Å². The molecule has 0 bridgehead atoms. The zero-order valence-electron chi connectivity index (χ0n) is 19.1. The summed E-state index contributed by atoms with van der Waals surface area (Å²) in [7, 11) is 1.58. The average molecular weight is 443 g/mol. The fraction of sp³-hybridized carbons (Fsp3) is 0.222. The molecule has 0 aliphatic carbocycles. The number of hydrogen-bond acceptors (Lipinski definition) is 5. The van der Waals surface area contributed by atoms with Crippen LogP contribution in [0.5, 0.6) is 5.75 Å². The molecule has 1 unspecified atom stereocenters. The maximum Gasteiger partial charge on any atom is 0.300 e. The van der Waals surface area contributed by atoms with E-state index in [-0.39, 0.29) is 11.3 Å². The molecule has 1 amide bonds. The summed E-state index contributed by atoms with van der Waals surface area (Å²) >= 11 is 0. The van der Waals surface area contributed by atoms with Crippen molar-refractivity contribution >= 4 is 23.1 Å². The van der Waals surface area contributed by atoms with E-state index in [1.807, 2.05) is 45.0 Å². The lowest BCUT2D eigenvalue weighted by Gasteiger charge is -2.25. The number of benzene rings is 2. The summed E-state index contributed by atoms with van der Waals surface area (Å²) in [6.45, 7) is 5.74. The van der Waals surface area contributed by atoms with Gasteiger partial charge in [-0.15, -0.1) is 0 Å². The van der Waals surface area contributed by atoms with Gasteiger partial charge in [-0.1, -0.05) is 25.1 Å². The van der Waals surface area contributed by atoms with Crippen molar-refractivity contribution in [1.29, 1.82) is 0 Å². The van der Waals surface area contributed by atoms with Crippen molar-refractivity contribution in [2.24, 2.45) is 0 Å². The van der Waals surface area contributed by atoms with E-state index in [9.17, 15) is 14.7 Å². The number of methoxy groups -OCH3 is 1. The van der Waals surface area contributed by atoms with Crippen molar-refractivity contribution in [2.75, 3.05) is 12.0 Å². The van der Waals surface area contributed by atoms with Crippen LogP contribution < -0.4 is 9.64 Å². The Morgan fingerprint density at radius 1 is 1.06 bits per heavy atom. The highest BCUT2D eigenvalue weighted by Crippen LogP contribution is 2.42. The van der Waals surface area contributed by atoms with Crippen LogP contribution in [0, 0.1) is 13.8 Å². The van der Waals surface area contributed by atoms with E-state index in [1.54, 1.807) is 43.6 Å². The largest absolute Gasteiger partial charge is 0.507 e. The first-order chi connectivity index (χ1) is 15.9. The molecule has 6 heteroatoms. The predicted molar refractivity (Wildman–Crippen MR) is 127 cm³/mol. The minimum absolute atomic E-state index is 0.0194. The lowest BCUT2D eigenvalue weighted by molar-refractivity contribution is -0.132. The normalized spacial score (nSPS) is 17.5.